The quantitative estimate of drug-likeness (QED) is 0.715. The molecule has 3 aromatic rings. The highest BCUT2D eigenvalue weighted by Gasteiger charge is 2.10. The van der Waals surface area contributed by atoms with Crippen molar-refractivity contribution in [3.63, 3.8) is 0 Å². The van der Waals surface area contributed by atoms with Gasteiger partial charge in [0.2, 0.25) is 5.89 Å². The summed E-state index contributed by atoms with van der Waals surface area (Å²) >= 11 is 0. The van der Waals surface area contributed by atoms with Crippen LogP contribution in [0.4, 0.5) is 5.69 Å². The van der Waals surface area contributed by atoms with Gasteiger partial charge in [-0.2, -0.15) is 4.98 Å². The maximum Gasteiger partial charge on any atom is 0.348 e. The first kappa shape index (κ1) is 12.4. The third-order valence-electron chi connectivity index (χ3n) is 3.10. The van der Waals surface area contributed by atoms with Crippen LogP contribution in [-0.4, -0.2) is 14.5 Å². The van der Waals surface area contributed by atoms with Crippen LogP contribution in [0, 0.1) is 13.8 Å². The first-order chi connectivity index (χ1) is 9.52. The molecule has 0 atom stereocenters. The van der Waals surface area contributed by atoms with Gasteiger partial charge in [0.1, 0.15) is 12.1 Å². The number of fused-ring (bicyclic) bond motifs is 1. The molecule has 0 saturated carbocycles. The SMILES string of the molecule is Cc1cc(C)n(Cc2nc3ccc(N)cc3o2)c(=O)n1. The molecule has 0 amide bonds. The first-order valence-corrected chi connectivity index (χ1v) is 6.23. The maximum atomic E-state index is 11.9. The van der Waals surface area contributed by atoms with Gasteiger partial charge in [0.05, 0.1) is 0 Å². The smallest absolute Gasteiger partial charge is 0.348 e. The number of nitrogens with two attached hydrogens (primary N) is 1. The highest BCUT2D eigenvalue weighted by Crippen LogP contribution is 2.18. The van der Waals surface area contributed by atoms with E-state index in [0.717, 1.165) is 11.2 Å². The van der Waals surface area contributed by atoms with Crippen LogP contribution in [0.5, 0.6) is 0 Å². The summed E-state index contributed by atoms with van der Waals surface area (Å²) in [6.45, 7) is 3.91. The van der Waals surface area contributed by atoms with E-state index in [0.29, 0.717) is 22.9 Å². The highest BCUT2D eigenvalue weighted by atomic mass is 16.3. The fraction of sp³-hybridized carbons (Fsp3) is 0.214. The molecule has 102 valence electrons. The zero-order valence-electron chi connectivity index (χ0n) is 11.3. The van der Waals surface area contributed by atoms with Crippen molar-refractivity contribution in [2.75, 3.05) is 5.73 Å². The molecule has 2 N–H and O–H groups in total. The summed E-state index contributed by atoms with van der Waals surface area (Å²) in [6.07, 6.45) is 0. The zero-order chi connectivity index (χ0) is 14.3. The zero-order valence-corrected chi connectivity index (χ0v) is 11.3. The molecular formula is C14H14N4O2. The lowest BCUT2D eigenvalue weighted by molar-refractivity contribution is 0.496. The number of nitrogen functional groups attached to an aromatic ring is 1. The lowest BCUT2D eigenvalue weighted by atomic mass is 10.3. The normalized spacial score (nSPS) is 11.1. The van der Waals surface area contributed by atoms with Crippen LogP contribution in [0.15, 0.2) is 33.5 Å². The third kappa shape index (κ3) is 2.16. The highest BCUT2D eigenvalue weighted by molar-refractivity contribution is 5.76. The molecule has 20 heavy (non-hydrogen) atoms. The minimum absolute atomic E-state index is 0.256. The van der Waals surface area contributed by atoms with Crippen LogP contribution in [0.3, 0.4) is 0 Å². The van der Waals surface area contributed by atoms with Gasteiger partial charge >= 0.3 is 5.69 Å². The monoisotopic (exact) mass is 270 g/mol. The standard InChI is InChI=1S/C14H14N4O2/c1-8-5-9(2)18(14(19)16-8)7-13-17-11-4-3-10(15)6-12(11)20-13/h3-6H,7,15H2,1-2H3. The van der Waals surface area contributed by atoms with Gasteiger partial charge in [-0.25, -0.2) is 9.78 Å². The molecular weight excluding hydrogens is 256 g/mol. The topological polar surface area (TPSA) is 86.9 Å². The van der Waals surface area contributed by atoms with Gasteiger partial charge in [-0.05, 0) is 32.0 Å². The van der Waals surface area contributed by atoms with Crippen LogP contribution in [-0.2, 0) is 6.54 Å². The second kappa shape index (κ2) is 4.48. The Kier molecular flexibility index (Phi) is 2.78. The molecule has 6 heteroatoms. The Labute approximate surface area is 114 Å². The third-order valence-corrected chi connectivity index (χ3v) is 3.10. The van der Waals surface area contributed by atoms with E-state index < -0.39 is 0 Å². The average molecular weight is 270 g/mol. The van der Waals surface area contributed by atoms with E-state index in [-0.39, 0.29) is 12.2 Å². The van der Waals surface area contributed by atoms with E-state index in [2.05, 4.69) is 9.97 Å². The number of aromatic nitrogens is 3. The van der Waals surface area contributed by atoms with E-state index in [9.17, 15) is 4.79 Å². The van der Waals surface area contributed by atoms with Crippen molar-refractivity contribution in [2.24, 2.45) is 0 Å². The number of anilines is 1. The molecule has 2 heterocycles. The number of hydrogen-bond acceptors (Lipinski definition) is 5. The molecule has 2 aromatic heterocycles. The largest absolute Gasteiger partial charge is 0.439 e. The van der Waals surface area contributed by atoms with Crippen molar-refractivity contribution in [1.29, 1.82) is 0 Å². The Morgan fingerprint density at radius 1 is 1.25 bits per heavy atom. The van der Waals surface area contributed by atoms with E-state index >= 15 is 0 Å². The summed E-state index contributed by atoms with van der Waals surface area (Å²) in [6, 6.07) is 7.12. The predicted octanol–water partition coefficient (Wildman–Crippen LogP) is 1.63. The Hall–Kier alpha value is -2.63. The Morgan fingerprint density at radius 3 is 2.80 bits per heavy atom. The molecule has 1 aromatic carbocycles. The number of rotatable bonds is 2. The summed E-state index contributed by atoms with van der Waals surface area (Å²) in [5.74, 6) is 0.460. The molecule has 0 saturated heterocycles. The van der Waals surface area contributed by atoms with Crippen LogP contribution in [0.2, 0.25) is 0 Å². The van der Waals surface area contributed by atoms with Crippen LogP contribution in [0.1, 0.15) is 17.3 Å². The van der Waals surface area contributed by atoms with Crippen molar-refractivity contribution < 1.29 is 4.42 Å². The first-order valence-electron chi connectivity index (χ1n) is 6.23. The molecule has 0 radical (unpaired) electrons. The number of oxazole rings is 1. The van der Waals surface area contributed by atoms with Gasteiger partial charge in [-0.15, -0.1) is 0 Å². The number of hydrogen-bond donors (Lipinski definition) is 1. The number of nitrogens with zero attached hydrogens (tertiary/aromatic N) is 3. The van der Waals surface area contributed by atoms with Crippen LogP contribution >= 0.6 is 0 Å². The summed E-state index contributed by atoms with van der Waals surface area (Å²) in [5.41, 5.74) is 8.88. The van der Waals surface area contributed by atoms with Crippen molar-refractivity contribution >= 4 is 16.8 Å². The van der Waals surface area contributed by atoms with Crippen molar-refractivity contribution in [3.05, 3.63) is 52.0 Å². The van der Waals surface area contributed by atoms with Crippen molar-refractivity contribution in [1.82, 2.24) is 14.5 Å². The molecule has 0 spiro atoms. The predicted molar refractivity (Wildman–Crippen MR) is 75.5 cm³/mol. The van der Waals surface area contributed by atoms with Gasteiger partial charge in [0, 0.05) is 23.1 Å². The average Bonchev–Trinajstić information content (AvgIpc) is 2.75. The Balaban J connectivity index is 2.03. The molecule has 0 bridgehead atoms. The van der Waals surface area contributed by atoms with E-state index in [4.69, 9.17) is 10.2 Å². The van der Waals surface area contributed by atoms with Gasteiger partial charge in [0.15, 0.2) is 5.58 Å². The lowest BCUT2D eigenvalue weighted by Gasteiger charge is -2.06. The number of benzene rings is 1. The number of aryl methyl sites for hydroxylation is 2. The van der Waals surface area contributed by atoms with Gasteiger partial charge in [-0.1, -0.05) is 0 Å². The fourth-order valence-corrected chi connectivity index (χ4v) is 2.16. The molecule has 0 unspecified atom stereocenters. The minimum Gasteiger partial charge on any atom is -0.439 e. The van der Waals surface area contributed by atoms with E-state index in [1.165, 1.54) is 4.57 Å². The van der Waals surface area contributed by atoms with Crippen molar-refractivity contribution in [3.8, 4) is 0 Å². The molecule has 3 rings (SSSR count). The Morgan fingerprint density at radius 2 is 2.05 bits per heavy atom. The van der Waals surface area contributed by atoms with Gasteiger partial charge < -0.3 is 10.2 Å². The second-order valence-corrected chi connectivity index (χ2v) is 4.74. The molecule has 6 nitrogen and oxygen atoms in total. The summed E-state index contributed by atoms with van der Waals surface area (Å²) in [5, 5.41) is 0. The fourth-order valence-electron chi connectivity index (χ4n) is 2.16. The van der Waals surface area contributed by atoms with Gasteiger partial charge in [0.25, 0.3) is 0 Å². The van der Waals surface area contributed by atoms with Crippen LogP contribution in [0.25, 0.3) is 11.1 Å². The minimum atomic E-state index is -0.302. The van der Waals surface area contributed by atoms with Crippen molar-refractivity contribution in [2.45, 2.75) is 20.4 Å². The lowest BCUT2D eigenvalue weighted by Crippen LogP contribution is -2.26. The summed E-state index contributed by atoms with van der Waals surface area (Å²) in [4.78, 5) is 20.2. The van der Waals surface area contributed by atoms with E-state index in [1.54, 1.807) is 25.1 Å². The summed E-state index contributed by atoms with van der Waals surface area (Å²) < 4.78 is 7.14. The maximum absolute atomic E-state index is 11.9. The van der Waals surface area contributed by atoms with Gasteiger partial charge in [-0.3, -0.25) is 4.57 Å². The van der Waals surface area contributed by atoms with Crippen LogP contribution < -0.4 is 11.4 Å². The van der Waals surface area contributed by atoms with E-state index in [1.807, 2.05) is 13.0 Å². The Bertz CT molecular complexity index is 848. The molecule has 0 aliphatic carbocycles. The summed E-state index contributed by atoms with van der Waals surface area (Å²) in [7, 11) is 0. The molecule has 0 aliphatic rings. The molecule has 0 fully saturated rings. The molecule has 0 aliphatic heterocycles. The second-order valence-electron chi connectivity index (χ2n) is 4.74.